The second-order valence-electron chi connectivity index (χ2n) is 6.34. The van der Waals surface area contributed by atoms with Crippen molar-refractivity contribution in [1.29, 1.82) is 0 Å². The van der Waals surface area contributed by atoms with Crippen LogP contribution in [-0.4, -0.2) is 22.0 Å². The van der Waals surface area contributed by atoms with Crippen LogP contribution in [0.1, 0.15) is 30.4 Å². The molecule has 0 aliphatic heterocycles. The third kappa shape index (κ3) is 4.22. The number of hydrogen-bond acceptors (Lipinski definition) is 4. The van der Waals surface area contributed by atoms with Crippen molar-refractivity contribution in [3.05, 3.63) is 59.9 Å². The maximum Gasteiger partial charge on any atom is 0.247 e. The van der Waals surface area contributed by atoms with E-state index < -0.39 is 17.7 Å². The van der Waals surface area contributed by atoms with Crippen LogP contribution in [0.5, 0.6) is 0 Å². The van der Waals surface area contributed by atoms with E-state index in [0.29, 0.717) is 18.5 Å². The first kappa shape index (κ1) is 17.1. The van der Waals surface area contributed by atoms with Gasteiger partial charge in [-0.2, -0.15) is 0 Å². The largest absolute Gasteiger partial charge is 0.326 e. The Balaban J connectivity index is 1.61. The quantitative estimate of drug-likeness (QED) is 0.577. The summed E-state index contributed by atoms with van der Waals surface area (Å²) in [6.07, 6.45) is 6.42. The van der Waals surface area contributed by atoms with Gasteiger partial charge in [-0.15, -0.1) is 0 Å². The standard InChI is InChI=1S/C19H21N3O3/c23-18(16-2-1-3-17(16)19(24)22-25)21-15-6-4-13(5-7-15)12-14-8-10-20-11-9-14/h4-11,16-17,25H,1-3,12H2,(H,21,23)(H,22,24)/t16-,17-/m0/s1. The number of benzene rings is 1. The zero-order valence-corrected chi connectivity index (χ0v) is 13.8. The summed E-state index contributed by atoms with van der Waals surface area (Å²) in [5.41, 5.74) is 4.69. The first-order chi connectivity index (χ1) is 12.2. The van der Waals surface area contributed by atoms with Crippen LogP contribution < -0.4 is 10.8 Å². The highest BCUT2D eigenvalue weighted by Gasteiger charge is 2.37. The molecule has 1 aromatic carbocycles. The number of aromatic nitrogens is 1. The Morgan fingerprint density at radius 3 is 2.20 bits per heavy atom. The number of amides is 2. The predicted molar refractivity (Wildman–Crippen MR) is 92.9 cm³/mol. The number of anilines is 1. The van der Waals surface area contributed by atoms with E-state index >= 15 is 0 Å². The first-order valence-electron chi connectivity index (χ1n) is 8.40. The van der Waals surface area contributed by atoms with Gasteiger partial charge in [-0.1, -0.05) is 18.6 Å². The number of hydroxylamine groups is 1. The van der Waals surface area contributed by atoms with E-state index in [9.17, 15) is 9.59 Å². The van der Waals surface area contributed by atoms with Crippen LogP contribution in [0.25, 0.3) is 0 Å². The third-order valence-corrected chi connectivity index (χ3v) is 4.68. The zero-order chi connectivity index (χ0) is 17.6. The van der Waals surface area contributed by atoms with Gasteiger partial charge in [-0.25, -0.2) is 5.48 Å². The molecule has 2 amide bonds. The molecule has 1 heterocycles. The van der Waals surface area contributed by atoms with Gasteiger partial charge < -0.3 is 5.32 Å². The van der Waals surface area contributed by atoms with E-state index in [1.165, 1.54) is 5.56 Å². The van der Waals surface area contributed by atoms with Crippen molar-refractivity contribution in [2.24, 2.45) is 11.8 Å². The number of hydrogen-bond donors (Lipinski definition) is 3. The van der Waals surface area contributed by atoms with Crippen LogP contribution in [0.4, 0.5) is 5.69 Å². The second-order valence-corrected chi connectivity index (χ2v) is 6.34. The summed E-state index contributed by atoms with van der Waals surface area (Å²) in [6, 6.07) is 11.6. The van der Waals surface area contributed by atoms with Crippen molar-refractivity contribution < 1.29 is 14.8 Å². The predicted octanol–water partition coefficient (Wildman–Crippen LogP) is 2.53. The van der Waals surface area contributed by atoms with Gasteiger partial charge in [-0.3, -0.25) is 19.8 Å². The summed E-state index contributed by atoms with van der Waals surface area (Å²) in [6.45, 7) is 0. The molecule has 3 N–H and O–H groups in total. The topological polar surface area (TPSA) is 91.3 Å². The lowest BCUT2D eigenvalue weighted by atomic mass is 9.94. The highest BCUT2D eigenvalue weighted by atomic mass is 16.5. The fraction of sp³-hybridized carbons (Fsp3) is 0.316. The fourth-order valence-corrected chi connectivity index (χ4v) is 3.35. The second kappa shape index (κ2) is 7.90. The van der Waals surface area contributed by atoms with Gasteiger partial charge in [-0.05, 0) is 54.7 Å². The number of carbonyl (C=O) groups is 2. The molecule has 2 atom stereocenters. The van der Waals surface area contributed by atoms with Crippen LogP contribution >= 0.6 is 0 Å². The van der Waals surface area contributed by atoms with Gasteiger partial charge in [0.15, 0.2) is 0 Å². The summed E-state index contributed by atoms with van der Waals surface area (Å²) in [5, 5.41) is 11.7. The van der Waals surface area contributed by atoms with Crippen molar-refractivity contribution in [3.63, 3.8) is 0 Å². The molecule has 0 saturated heterocycles. The van der Waals surface area contributed by atoms with Crippen LogP contribution in [0.2, 0.25) is 0 Å². The molecule has 2 aromatic rings. The molecule has 0 unspecified atom stereocenters. The summed E-state index contributed by atoms with van der Waals surface area (Å²) < 4.78 is 0. The molecule has 0 spiro atoms. The fourth-order valence-electron chi connectivity index (χ4n) is 3.35. The molecular weight excluding hydrogens is 318 g/mol. The van der Waals surface area contributed by atoms with E-state index in [2.05, 4.69) is 10.3 Å². The van der Waals surface area contributed by atoms with E-state index in [4.69, 9.17) is 5.21 Å². The number of carbonyl (C=O) groups excluding carboxylic acids is 2. The molecule has 1 aromatic heterocycles. The summed E-state index contributed by atoms with van der Waals surface area (Å²) in [4.78, 5) is 28.1. The Kier molecular flexibility index (Phi) is 5.40. The van der Waals surface area contributed by atoms with Crippen LogP contribution in [0.15, 0.2) is 48.8 Å². The minimum absolute atomic E-state index is 0.173. The molecule has 3 rings (SSSR count). The minimum Gasteiger partial charge on any atom is -0.326 e. The zero-order valence-electron chi connectivity index (χ0n) is 13.8. The normalized spacial score (nSPS) is 19.4. The maximum absolute atomic E-state index is 12.4. The van der Waals surface area contributed by atoms with E-state index in [1.807, 2.05) is 36.4 Å². The maximum atomic E-state index is 12.4. The van der Waals surface area contributed by atoms with E-state index in [0.717, 1.165) is 18.4 Å². The lowest BCUT2D eigenvalue weighted by molar-refractivity contribution is -0.137. The SMILES string of the molecule is O=C(NO)[C@H]1CCC[C@@H]1C(=O)Nc1ccc(Cc2ccncc2)cc1. The number of rotatable bonds is 5. The summed E-state index contributed by atoms with van der Waals surface area (Å²) in [5.74, 6) is -1.52. The van der Waals surface area contributed by atoms with Gasteiger partial charge in [0.05, 0.1) is 5.92 Å². The molecule has 6 heteroatoms. The molecule has 25 heavy (non-hydrogen) atoms. The number of pyridine rings is 1. The van der Waals surface area contributed by atoms with Gasteiger partial charge in [0.2, 0.25) is 11.8 Å². The monoisotopic (exact) mass is 339 g/mol. The van der Waals surface area contributed by atoms with Crippen molar-refractivity contribution in [2.75, 3.05) is 5.32 Å². The average Bonchev–Trinajstić information content (AvgIpc) is 3.13. The first-order valence-corrected chi connectivity index (χ1v) is 8.40. The van der Waals surface area contributed by atoms with Crippen molar-refractivity contribution >= 4 is 17.5 Å². The molecule has 1 aliphatic carbocycles. The lowest BCUT2D eigenvalue weighted by Crippen LogP contribution is -2.35. The summed E-state index contributed by atoms with van der Waals surface area (Å²) in [7, 11) is 0. The van der Waals surface area contributed by atoms with Gasteiger partial charge >= 0.3 is 0 Å². The Morgan fingerprint density at radius 2 is 1.56 bits per heavy atom. The molecule has 1 saturated carbocycles. The molecule has 6 nitrogen and oxygen atoms in total. The highest BCUT2D eigenvalue weighted by molar-refractivity contribution is 5.96. The average molecular weight is 339 g/mol. The Labute approximate surface area is 146 Å². The molecular formula is C19H21N3O3. The Hall–Kier alpha value is -2.73. The van der Waals surface area contributed by atoms with Crippen molar-refractivity contribution in [1.82, 2.24) is 10.5 Å². The molecule has 130 valence electrons. The number of nitrogens with zero attached hydrogens (tertiary/aromatic N) is 1. The van der Waals surface area contributed by atoms with Crippen LogP contribution in [-0.2, 0) is 16.0 Å². The molecule has 0 radical (unpaired) electrons. The van der Waals surface area contributed by atoms with E-state index in [1.54, 1.807) is 17.9 Å². The molecule has 1 fully saturated rings. The van der Waals surface area contributed by atoms with Gasteiger partial charge in [0.1, 0.15) is 0 Å². The van der Waals surface area contributed by atoms with Crippen molar-refractivity contribution in [2.45, 2.75) is 25.7 Å². The van der Waals surface area contributed by atoms with Gasteiger partial charge in [0, 0.05) is 24.0 Å². The van der Waals surface area contributed by atoms with Crippen LogP contribution in [0.3, 0.4) is 0 Å². The minimum atomic E-state index is -0.481. The molecule has 0 bridgehead atoms. The lowest BCUT2D eigenvalue weighted by Gasteiger charge is -2.17. The smallest absolute Gasteiger partial charge is 0.247 e. The Bertz CT molecular complexity index is 731. The number of nitrogens with one attached hydrogen (secondary N) is 2. The van der Waals surface area contributed by atoms with Crippen LogP contribution in [0, 0.1) is 11.8 Å². The van der Waals surface area contributed by atoms with Gasteiger partial charge in [0.25, 0.3) is 0 Å². The molecule has 1 aliphatic rings. The third-order valence-electron chi connectivity index (χ3n) is 4.68. The van der Waals surface area contributed by atoms with E-state index in [-0.39, 0.29) is 5.91 Å². The van der Waals surface area contributed by atoms with Crippen molar-refractivity contribution in [3.8, 4) is 0 Å². The Morgan fingerprint density at radius 1 is 0.960 bits per heavy atom. The summed E-state index contributed by atoms with van der Waals surface area (Å²) >= 11 is 0. The highest BCUT2D eigenvalue weighted by Crippen LogP contribution is 2.32.